The SMILES string of the molecule is CCN(CC)c1ccc(C2(c3ccc(N(CC)CC)cc3)OC(=O)c3cc(N(CC)CC)ccc32)cc1.CCN(CC)c1ccc(C2(c3ccc(N(CC)CC)cc3)OC(=O)c3cc(N(CC)CC)ccc32)cc1. The van der Waals surface area contributed by atoms with Crippen molar-refractivity contribution in [2.45, 2.75) is 94.3 Å². The molecule has 0 saturated heterocycles. The summed E-state index contributed by atoms with van der Waals surface area (Å²) in [7, 11) is 0. The summed E-state index contributed by atoms with van der Waals surface area (Å²) in [5.74, 6) is -0.547. The predicted octanol–water partition coefficient (Wildman–Crippen LogP) is 13.4. The Morgan fingerprint density at radius 3 is 0.676 bits per heavy atom. The van der Waals surface area contributed by atoms with E-state index in [0.717, 1.165) is 123 Å². The number of ether oxygens (including phenoxy) is 2. The molecule has 0 radical (unpaired) electrons. The van der Waals surface area contributed by atoms with Gasteiger partial charge in [-0.25, -0.2) is 9.59 Å². The van der Waals surface area contributed by atoms with E-state index in [4.69, 9.17) is 9.47 Å². The van der Waals surface area contributed by atoms with Crippen molar-refractivity contribution < 1.29 is 19.1 Å². The molecule has 392 valence electrons. The molecular formula is C64H82N6O4. The average molecular weight is 999 g/mol. The second-order valence-corrected chi connectivity index (χ2v) is 18.8. The van der Waals surface area contributed by atoms with Gasteiger partial charge in [-0.05, 0) is 156 Å². The summed E-state index contributed by atoms with van der Waals surface area (Å²) in [6.07, 6.45) is 0. The molecule has 0 atom stereocenters. The highest BCUT2D eigenvalue weighted by atomic mass is 16.6. The monoisotopic (exact) mass is 999 g/mol. The minimum Gasteiger partial charge on any atom is -0.441 e. The molecule has 0 bridgehead atoms. The van der Waals surface area contributed by atoms with Gasteiger partial charge in [-0.2, -0.15) is 0 Å². The maximum absolute atomic E-state index is 13.5. The topological polar surface area (TPSA) is 72.0 Å². The fourth-order valence-corrected chi connectivity index (χ4v) is 11.3. The lowest BCUT2D eigenvalue weighted by Crippen LogP contribution is -2.30. The van der Waals surface area contributed by atoms with Gasteiger partial charge in [0.2, 0.25) is 0 Å². The van der Waals surface area contributed by atoms with Crippen molar-refractivity contribution in [2.24, 2.45) is 0 Å². The van der Waals surface area contributed by atoms with Crippen molar-refractivity contribution >= 4 is 46.1 Å². The first-order valence-corrected chi connectivity index (χ1v) is 27.6. The van der Waals surface area contributed by atoms with Crippen LogP contribution < -0.4 is 29.4 Å². The molecule has 6 aromatic rings. The Morgan fingerprint density at radius 1 is 0.284 bits per heavy atom. The Balaban J connectivity index is 0.000000216. The van der Waals surface area contributed by atoms with Crippen LogP contribution in [0, 0.1) is 0 Å². The zero-order valence-corrected chi connectivity index (χ0v) is 46.5. The number of fused-ring (bicyclic) bond motifs is 2. The maximum atomic E-state index is 13.5. The highest BCUT2D eigenvalue weighted by Crippen LogP contribution is 2.50. The van der Waals surface area contributed by atoms with Crippen LogP contribution in [-0.2, 0) is 20.7 Å². The van der Waals surface area contributed by atoms with E-state index >= 15 is 0 Å². The first-order valence-electron chi connectivity index (χ1n) is 27.6. The minimum absolute atomic E-state index is 0.273. The molecule has 0 fully saturated rings. The molecule has 8 rings (SSSR count). The van der Waals surface area contributed by atoms with Crippen molar-refractivity contribution in [3.05, 3.63) is 178 Å². The fourth-order valence-electron chi connectivity index (χ4n) is 11.3. The highest BCUT2D eigenvalue weighted by molar-refractivity contribution is 5.98. The number of benzene rings is 6. The summed E-state index contributed by atoms with van der Waals surface area (Å²) in [4.78, 5) is 40.7. The van der Waals surface area contributed by atoms with E-state index in [-0.39, 0.29) is 11.9 Å². The summed E-state index contributed by atoms with van der Waals surface area (Å²) in [5, 5.41) is 0. The van der Waals surface area contributed by atoms with Gasteiger partial charge in [0.1, 0.15) is 0 Å². The number of rotatable bonds is 22. The summed E-state index contributed by atoms with van der Waals surface area (Å²) in [6.45, 7) is 36.9. The van der Waals surface area contributed by atoms with Gasteiger partial charge in [0.25, 0.3) is 0 Å². The van der Waals surface area contributed by atoms with Gasteiger partial charge in [-0.15, -0.1) is 0 Å². The Kier molecular flexibility index (Phi) is 18.1. The molecule has 2 heterocycles. The molecule has 10 heteroatoms. The lowest BCUT2D eigenvalue weighted by atomic mass is 9.79. The molecule has 0 saturated carbocycles. The summed E-state index contributed by atoms with van der Waals surface area (Å²) in [5.41, 5.74) is 11.7. The van der Waals surface area contributed by atoms with Gasteiger partial charge in [0, 0.05) is 146 Å². The number of carbonyl (C=O) groups is 2. The quantitative estimate of drug-likeness (QED) is 0.0614. The van der Waals surface area contributed by atoms with Crippen molar-refractivity contribution in [3.63, 3.8) is 0 Å². The number of esters is 2. The predicted molar refractivity (Wildman–Crippen MR) is 311 cm³/mol. The van der Waals surface area contributed by atoms with Crippen LogP contribution in [0.1, 0.15) is 137 Å². The largest absolute Gasteiger partial charge is 0.441 e. The number of cyclic esters (lactones) is 2. The van der Waals surface area contributed by atoms with Gasteiger partial charge in [0.15, 0.2) is 11.2 Å². The highest BCUT2D eigenvalue weighted by Gasteiger charge is 2.50. The Labute approximate surface area is 443 Å². The normalized spacial score (nSPS) is 13.7. The number of anilines is 6. The second kappa shape index (κ2) is 24.4. The standard InChI is InChI=1S/2C32H41N3O2/c2*1-7-33(8-2)26-17-13-24(14-18-26)32(25-15-19-27(20-16-25)34(9-3)10-4)30-22-21-28(35(11-5)12-6)23-29(30)31(36)37-32/h2*13-23H,7-12H2,1-6H3. The van der Waals surface area contributed by atoms with E-state index < -0.39 is 11.2 Å². The van der Waals surface area contributed by atoms with E-state index in [1.165, 1.54) is 22.7 Å². The van der Waals surface area contributed by atoms with Gasteiger partial charge in [-0.3, -0.25) is 0 Å². The molecular weight excluding hydrogens is 917 g/mol. The van der Waals surface area contributed by atoms with Gasteiger partial charge < -0.3 is 38.9 Å². The first kappa shape index (κ1) is 54.8. The zero-order valence-electron chi connectivity index (χ0n) is 46.5. The molecule has 10 nitrogen and oxygen atoms in total. The lowest BCUT2D eigenvalue weighted by Gasteiger charge is -2.32. The molecule has 2 aliphatic heterocycles. The summed E-state index contributed by atoms with van der Waals surface area (Å²) in [6, 6.07) is 46.5. The average Bonchev–Trinajstić information content (AvgIpc) is 3.92. The second-order valence-electron chi connectivity index (χ2n) is 18.8. The van der Waals surface area contributed by atoms with Crippen LogP contribution in [0.4, 0.5) is 34.1 Å². The number of hydrogen-bond acceptors (Lipinski definition) is 10. The van der Waals surface area contributed by atoms with E-state index in [0.29, 0.717) is 11.1 Å². The van der Waals surface area contributed by atoms with Crippen LogP contribution in [0.3, 0.4) is 0 Å². The lowest BCUT2D eigenvalue weighted by molar-refractivity contribution is 0.0242. The maximum Gasteiger partial charge on any atom is 0.340 e. The number of nitrogens with zero attached hydrogens (tertiary/aromatic N) is 6. The third-order valence-corrected chi connectivity index (χ3v) is 15.6. The number of hydrogen-bond donors (Lipinski definition) is 0. The smallest absolute Gasteiger partial charge is 0.340 e. The number of carbonyl (C=O) groups excluding carboxylic acids is 2. The molecule has 0 spiro atoms. The van der Waals surface area contributed by atoms with Crippen LogP contribution in [0.15, 0.2) is 133 Å². The zero-order chi connectivity index (χ0) is 53.2. The van der Waals surface area contributed by atoms with E-state index in [1.54, 1.807) is 0 Å². The van der Waals surface area contributed by atoms with Crippen LogP contribution in [-0.4, -0.2) is 90.5 Å². The van der Waals surface area contributed by atoms with E-state index in [1.807, 2.05) is 12.1 Å². The molecule has 0 aliphatic carbocycles. The molecule has 74 heavy (non-hydrogen) atoms. The molecule has 0 aromatic heterocycles. The van der Waals surface area contributed by atoms with Crippen molar-refractivity contribution in [3.8, 4) is 0 Å². The van der Waals surface area contributed by atoms with Gasteiger partial charge >= 0.3 is 11.9 Å². The van der Waals surface area contributed by atoms with Crippen LogP contribution >= 0.6 is 0 Å². The Bertz CT molecular complexity index is 2460. The van der Waals surface area contributed by atoms with Crippen LogP contribution in [0.5, 0.6) is 0 Å². The first-order chi connectivity index (χ1) is 35.9. The van der Waals surface area contributed by atoms with Crippen molar-refractivity contribution in [1.82, 2.24) is 0 Å². The van der Waals surface area contributed by atoms with Crippen molar-refractivity contribution in [2.75, 3.05) is 108 Å². The molecule has 0 amide bonds. The third-order valence-electron chi connectivity index (χ3n) is 15.6. The molecule has 6 aromatic carbocycles. The van der Waals surface area contributed by atoms with Crippen molar-refractivity contribution in [1.29, 1.82) is 0 Å². The fraction of sp³-hybridized carbons (Fsp3) is 0.406. The third kappa shape index (κ3) is 10.3. The summed E-state index contributed by atoms with van der Waals surface area (Å²) < 4.78 is 12.8. The van der Waals surface area contributed by atoms with Gasteiger partial charge in [-0.1, -0.05) is 60.7 Å². The van der Waals surface area contributed by atoms with Crippen LogP contribution in [0.2, 0.25) is 0 Å². The Hall–Kier alpha value is -6.94. The summed E-state index contributed by atoms with van der Waals surface area (Å²) >= 11 is 0. The Morgan fingerprint density at radius 2 is 0.473 bits per heavy atom. The molecule has 0 N–H and O–H groups in total. The van der Waals surface area contributed by atoms with Gasteiger partial charge in [0.05, 0.1) is 11.1 Å². The molecule has 0 unspecified atom stereocenters. The van der Waals surface area contributed by atoms with E-state index in [2.05, 4.69) is 234 Å². The molecule has 2 aliphatic rings. The van der Waals surface area contributed by atoms with Crippen LogP contribution in [0.25, 0.3) is 0 Å². The minimum atomic E-state index is -0.988. The van der Waals surface area contributed by atoms with E-state index in [9.17, 15) is 9.59 Å².